The average Bonchev–Trinajstić information content (AvgIpc) is 3.23. The van der Waals surface area contributed by atoms with Crippen molar-refractivity contribution in [2.24, 2.45) is 0 Å². The molecule has 0 saturated carbocycles. The Labute approximate surface area is 221 Å². The molecule has 11 heteroatoms. The van der Waals surface area contributed by atoms with Gasteiger partial charge in [-0.25, -0.2) is 27.7 Å². The normalized spacial score (nSPS) is 11.2. The Morgan fingerprint density at radius 2 is 1.86 bits per heavy atom. The highest BCUT2D eigenvalue weighted by Gasteiger charge is 2.23. The summed E-state index contributed by atoms with van der Waals surface area (Å²) >= 11 is 1.31. The standard InChI is InChI=1S/C26H30N4O5S2/c1-4-6-11-22-28-24(36-3)23(25(31)32)30(22)17-18-12-14-19(15-13-18)20-9-7-8-10-21(20)37(34,35)29-26(33)27-16-5-2/h5,7-10,12-15H,2,4,6,11,16-17H2,1,3H3,(H,31,32)(H2,27,29,33). The van der Waals surface area contributed by atoms with Crippen molar-refractivity contribution in [3.05, 3.63) is 78.3 Å². The zero-order chi connectivity index (χ0) is 27.0. The van der Waals surface area contributed by atoms with Gasteiger partial charge in [0, 0.05) is 25.1 Å². The van der Waals surface area contributed by atoms with Crippen LogP contribution in [-0.4, -0.2) is 47.9 Å². The molecule has 3 rings (SSSR count). The molecule has 0 saturated heterocycles. The zero-order valence-electron chi connectivity index (χ0n) is 20.7. The SMILES string of the molecule is C=CCNC(=O)NS(=O)(=O)c1ccccc1-c1ccc(Cn2c(CCCC)nc(SC)c2C(=O)O)cc1. The second kappa shape index (κ2) is 12.6. The van der Waals surface area contributed by atoms with Crippen LogP contribution >= 0.6 is 11.8 Å². The van der Waals surface area contributed by atoms with Crippen molar-refractivity contribution in [1.29, 1.82) is 0 Å². The molecular formula is C26H30N4O5S2. The van der Waals surface area contributed by atoms with Crippen LogP contribution in [0.15, 0.2) is 71.1 Å². The van der Waals surface area contributed by atoms with Crippen molar-refractivity contribution < 1.29 is 23.1 Å². The van der Waals surface area contributed by atoms with Crippen LogP contribution in [0.4, 0.5) is 4.79 Å². The van der Waals surface area contributed by atoms with Gasteiger partial charge in [0.05, 0.1) is 4.90 Å². The molecule has 0 unspecified atom stereocenters. The summed E-state index contributed by atoms with van der Waals surface area (Å²) in [6.45, 7) is 6.00. The van der Waals surface area contributed by atoms with E-state index in [0.29, 0.717) is 29.1 Å². The number of urea groups is 1. The van der Waals surface area contributed by atoms with Crippen LogP contribution in [0.1, 0.15) is 41.6 Å². The molecule has 0 bridgehead atoms. The molecule has 0 aliphatic rings. The molecule has 0 aliphatic heterocycles. The highest BCUT2D eigenvalue weighted by Crippen LogP contribution is 2.28. The van der Waals surface area contributed by atoms with Gasteiger partial charge in [0.1, 0.15) is 10.9 Å². The van der Waals surface area contributed by atoms with Crippen LogP contribution in [0.5, 0.6) is 0 Å². The molecule has 0 aliphatic carbocycles. The molecule has 0 fully saturated rings. The first kappa shape index (κ1) is 28.0. The van der Waals surface area contributed by atoms with Crippen molar-refractivity contribution in [3.63, 3.8) is 0 Å². The first-order valence-electron chi connectivity index (χ1n) is 11.7. The second-order valence-electron chi connectivity index (χ2n) is 8.18. The molecule has 2 amide bonds. The first-order valence-corrected chi connectivity index (χ1v) is 14.4. The van der Waals surface area contributed by atoms with E-state index in [1.807, 2.05) is 16.9 Å². The van der Waals surface area contributed by atoms with Crippen LogP contribution in [0.2, 0.25) is 0 Å². The molecule has 0 radical (unpaired) electrons. The number of carbonyl (C=O) groups is 2. The van der Waals surface area contributed by atoms with E-state index in [9.17, 15) is 23.1 Å². The largest absolute Gasteiger partial charge is 0.476 e. The number of nitrogens with one attached hydrogen (secondary N) is 2. The quantitative estimate of drug-likeness (QED) is 0.226. The lowest BCUT2D eigenvalue weighted by Gasteiger charge is -2.13. The van der Waals surface area contributed by atoms with Crippen LogP contribution in [0, 0.1) is 0 Å². The topological polar surface area (TPSA) is 130 Å². The van der Waals surface area contributed by atoms with Crippen LogP contribution in [-0.2, 0) is 23.0 Å². The highest BCUT2D eigenvalue weighted by atomic mass is 32.2. The fourth-order valence-electron chi connectivity index (χ4n) is 3.81. The van der Waals surface area contributed by atoms with E-state index >= 15 is 0 Å². The molecule has 0 atom stereocenters. The van der Waals surface area contributed by atoms with E-state index in [1.54, 1.807) is 41.2 Å². The summed E-state index contributed by atoms with van der Waals surface area (Å²) < 4.78 is 29.6. The number of aryl methyl sites for hydroxylation is 1. The molecule has 1 heterocycles. The van der Waals surface area contributed by atoms with E-state index in [2.05, 4.69) is 23.8 Å². The molecule has 0 spiro atoms. The van der Waals surface area contributed by atoms with E-state index in [1.165, 1.54) is 23.9 Å². The molecule has 3 aromatic rings. The Balaban J connectivity index is 1.92. The Kier molecular flexibility index (Phi) is 9.54. The maximum atomic E-state index is 12.9. The number of amides is 2. The van der Waals surface area contributed by atoms with E-state index in [-0.39, 0.29) is 17.1 Å². The number of thioether (sulfide) groups is 1. The van der Waals surface area contributed by atoms with Crippen molar-refractivity contribution in [2.75, 3.05) is 12.8 Å². The van der Waals surface area contributed by atoms with Crippen LogP contribution in [0.3, 0.4) is 0 Å². The number of rotatable bonds is 12. The third-order valence-electron chi connectivity index (χ3n) is 5.58. The van der Waals surface area contributed by atoms with Crippen molar-refractivity contribution in [1.82, 2.24) is 19.6 Å². The minimum Gasteiger partial charge on any atom is -0.476 e. The van der Waals surface area contributed by atoms with Gasteiger partial charge in [-0.2, -0.15) is 0 Å². The van der Waals surface area contributed by atoms with Crippen molar-refractivity contribution in [3.8, 4) is 11.1 Å². The van der Waals surface area contributed by atoms with Gasteiger partial charge < -0.3 is 15.0 Å². The molecule has 1 aromatic heterocycles. The van der Waals surface area contributed by atoms with Crippen LogP contribution in [0.25, 0.3) is 11.1 Å². The number of carboxylic acids is 1. The summed E-state index contributed by atoms with van der Waals surface area (Å²) in [5.41, 5.74) is 2.08. The molecule has 37 heavy (non-hydrogen) atoms. The number of aromatic nitrogens is 2. The highest BCUT2D eigenvalue weighted by molar-refractivity contribution is 7.98. The third-order valence-corrected chi connectivity index (χ3v) is 7.64. The number of hydrogen-bond acceptors (Lipinski definition) is 6. The minimum atomic E-state index is -4.13. The fourth-order valence-corrected chi connectivity index (χ4v) is 5.56. The number of sulfonamides is 1. The Hall–Kier alpha value is -3.57. The van der Waals surface area contributed by atoms with Gasteiger partial charge in [0.2, 0.25) is 0 Å². The Morgan fingerprint density at radius 3 is 2.49 bits per heavy atom. The summed E-state index contributed by atoms with van der Waals surface area (Å²) in [6.07, 6.45) is 5.79. The molecule has 9 nitrogen and oxygen atoms in total. The molecule has 3 N–H and O–H groups in total. The number of hydrogen-bond donors (Lipinski definition) is 3. The second-order valence-corrected chi connectivity index (χ2v) is 10.6. The lowest BCUT2D eigenvalue weighted by atomic mass is 10.0. The van der Waals surface area contributed by atoms with Gasteiger partial charge in [0.15, 0.2) is 5.69 Å². The summed E-state index contributed by atoms with van der Waals surface area (Å²) in [7, 11) is -4.13. The van der Waals surface area contributed by atoms with Gasteiger partial charge in [0.25, 0.3) is 10.0 Å². The van der Waals surface area contributed by atoms with E-state index < -0.39 is 22.0 Å². The van der Waals surface area contributed by atoms with Gasteiger partial charge >= 0.3 is 12.0 Å². The van der Waals surface area contributed by atoms with Crippen molar-refractivity contribution >= 4 is 33.8 Å². The first-order chi connectivity index (χ1) is 17.7. The maximum absolute atomic E-state index is 12.9. The predicted molar refractivity (Wildman–Crippen MR) is 144 cm³/mol. The predicted octanol–water partition coefficient (Wildman–Crippen LogP) is 4.54. The molecule has 196 valence electrons. The summed E-state index contributed by atoms with van der Waals surface area (Å²) in [4.78, 5) is 28.5. The number of benzene rings is 2. The summed E-state index contributed by atoms with van der Waals surface area (Å²) in [5, 5.41) is 12.7. The van der Waals surface area contributed by atoms with Crippen LogP contribution < -0.4 is 10.0 Å². The van der Waals surface area contributed by atoms with Gasteiger partial charge in [-0.1, -0.05) is 61.9 Å². The van der Waals surface area contributed by atoms with Gasteiger partial charge in [-0.15, -0.1) is 18.3 Å². The number of imidazole rings is 1. The minimum absolute atomic E-state index is 0.0364. The number of carbonyl (C=O) groups excluding carboxylic acids is 1. The summed E-state index contributed by atoms with van der Waals surface area (Å²) in [6, 6.07) is 12.8. The van der Waals surface area contributed by atoms with E-state index in [0.717, 1.165) is 24.2 Å². The zero-order valence-corrected chi connectivity index (χ0v) is 22.4. The third kappa shape index (κ3) is 6.80. The lowest BCUT2D eigenvalue weighted by Crippen LogP contribution is -2.39. The Morgan fingerprint density at radius 1 is 1.16 bits per heavy atom. The number of unbranched alkanes of at least 4 members (excludes halogenated alkanes) is 1. The van der Waals surface area contributed by atoms with Gasteiger partial charge in [-0.3, -0.25) is 0 Å². The lowest BCUT2D eigenvalue weighted by molar-refractivity contribution is 0.0681. The Bertz CT molecular complexity index is 1380. The monoisotopic (exact) mass is 542 g/mol. The van der Waals surface area contributed by atoms with Crippen molar-refractivity contribution in [2.45, 2.75) is 42.7 Å². The summed E-state index contributed by atoms with van der Waals surface area (Å²) in [5.74, 6) is -0.301. The number of nitrogens with zero attached hydrogens (tertiary/aromatic N) is 2. The molecular weight excluding hydrogens is 512 g/mol. The number of carboxylic acid groups (broad SMARTS) is 1. The van der Waals surface area contributed by atoms with E-state index in [4.69, 9.17) is 0 Å². The smallest absolute Gasteiger partial charge is 0.355 e. The number of aromatic carboxylic acids is 1. The maximum Gasteiger partial charge on any atom is 0.355 e. The average molecular weight is 543 g/mol. The van der Waals surface area contributed by atoms with Gasteiger partial charge in [-0.05, 0) is 29.9 Å². The molecule has 2 aromatic carbocycles. The fraction of sp³-hybridized carbons (Fsp3) is 0.269.